The van der Waals surface area contributed by atoms with Gasteiger partial charge in [0.1, 0.15) is 5.15 Å². The molecule has 2 aromatic rings. The van der Waals surface area contributed by atoms with Gasteiger partial charge in [0.15, 0.2) is 17.5 Å². The van der Waals surface area contributed by atoms with Crippen molar-refractivity contribution in [1.29, 1.82) is 0 Å². The Kier molecular flexibility index (Phi) is 3.82. The molecule has 0 aliphatic rings. The number of aromatic nitrogens is 2. The minimum atomic E-state index is -1.55. The van der Waals surface area contributed by atoms with E-state index in [9.17, 15) is 18.3 Å². The predicted molar refractivity (Wildman–Crippen MR) is 63.7 cm³/mol. The minimum absolute atomic E-state index is 0.0456. The Bertz CT molecular complexity index is 605. The van der Waals surface area contributed by atoms with Gasteiger partial charge in [-0.1, -0.05) is 18.5 Å². The number of rotatable bonds is 3. The fourth-order valence-corrected chi connectivity index (χ4v) is 2.05. The molecule has 0 atom stereocenters. The molecule has 1 N–H and O–H groups in total. The first-order valence-electron chi connectivity index (χ1n) is 5.51. The Morgan fingerprint density at radius 2 is 1.84 bits per heavy atom. The molecule has 3 nitrogen and oxygen atoms in total. The van der Waals surface area contributed by atoms with Gasteiger partial charge in [-0.2, -0.15) is 5.10 Å². The zero-order valence-electron chi connectivity index (χ0n) is 9.92. The second-order valence-electron chi connectivity index (χ2n) is 3.86. The Morgan fingerprint density at radius 3 is 2.26 bits per heavy atom. The van der Waals surface area contributed by atoms with Crippen LogP contribution >= 0.6 is 11.6 Å². The maximum absolute atomic E-state index is 13.2. The summed E-state index contributed by atoms with van der Waals surface area (Å²) in [7, 11) is 0. The van der Waals surface area contributed by atoms with Crippen LogP contribution in [0.25, 0.3) is 5.69 Å². The molecule has 0 unspecified atom stereocenters. The predicted octanol–water partition coefficient (Wildman–Crippen LogP) is 3.00. The molecular formula is C12H10ClF3N2O. The van der Waals surface area contributed by atoms with Crippen molar-refractivity contribution in [2.45, 2.75) is 20.0 Å². The highest BCUT2D eigenvalue weighted by Crippen LogP contribution is 2.26. The summed E-state index contributed by atoms with van der Waals surface area (Å²) in [6.45, 7) is 1.46. The molecule has 0 spiro atoms. The topological polar surface area (TPSA) is 38.0 Å². The van der Waals surface area contributed by atoms with Crippen LogP contribution in [0, 0.1) is 17.5 Å². The fraction of sp³-hybridized carbons (Fsp3) is 0.250. The SMILES string of the molecule is CCc1nn(-c2cc(F)c(F)c(F)c2)c(Cl)c1CO. The Balaban J connectivity index is 2.62. The van der Waals surface area contributed by atoms with Crippen LogP contribution in [0.4, 0.5) is 13.2 Å². The van der Waals surface area contributed by atoms with E-state index in [1.54, 1.807) is 6.92 Å². The monoisotopic (exact) mass is 290 g/mol. The third-order valence-corrected chi connectivity index (χ3v) is 3.10. The van der Waals surface area contributed by atoms with Gasteiger partial charge in [0.2, 0.25) is 0 Å². The number of hydrogen-bond acceptors (Lipinski definition) is 2. The van der Waals surface area contributed by atoms with Crippen molar-refractivity contribution >= 4 is 11.6 Å². The first kappa shape index (κ1) is 13.9. The van der Waals surface area contributed by atoms with Crippen molar-refractivity contribution in [2.75, 3.05) is 0 Å². The van der Waals surface area contributed by atoms with Crippen LogP contribution in [0.2, 0.25) is 5.15 Å². The van der Waals surface area contributed by atoms with E-state index in [-0.39, 0.29) is 17.4 Å². The van der Waals surface area contributed by atoms with Crippen LogP contribution < -0.4 is 0 Å². The number of aliphatic hydroxyl groups excluding tert-OH is 1. The molecule has 2 rings (SSSR count). The van der Waals surface area contributed by atoms with Gasteiger partial charge in [0.05, 0.1) is 18.0 Å². The zero-order chi connectivity index (χ0) is 14.2. The molecule has 0 aliphatic carbocycles. The van der Waals surface area contributed by atoms with E-state index in [0.717, 1.165) is 16.8 Å². The van der Waals surface area contributed by atoms with E-state index in [1.807, 2.05) is 0 Å². The maximum Gasteiger partial charge on any atom is 0.194 e. The average molecular weight is 291 g/mol. The van der Waals surface area contributed by atoms with Crippen molar-refractivity contribution in [3.8, 4) is 5.69 Å². The number of halogens is 4. The number of benzene rings is 1. The first-order chi connectivity index (χ1) is 8.99. The van der Waals surface area contributed by atoms with Gasteiger partial charge in [-0.25, -0.2) is 17.9 Å². The molecule has 0 aliphatic heterocycles. The summed E-state index contributed by atoms with van der Waals surface area (Å²) in [5.74, 6) is -4.21. The third kappa shape index (κ3) is 2.33. The molecular weight excluding hydrogens is 281 g/mol. The number of aryl methyl sites for hydroxylation is 1. The Labute approximate surface area is 112 Å². The first-order valence-corrected chi connectivity index (χ1v) is 5.89. The summed E-state index contributed by atoms with van der Waals surface area (Å²) in [5.41, 5.74) is 0.850. The van der Waals surface area contributed by atoms with E-state index >= 15 is 0 Å². The Morgan fingerprint density at radius 1 is 1.26 bits per heavy atom. The molecule has 102 valence electrons. The van der Waals surface area contributed by atoms with Gasteiger partial charge >= 0.3 is 0 Å². The van der Waals surface area contributed by atoms with Crippen molar-refractivity contribution < 1.29 is 18.3 Å². The molecule has 1 aromatic carbocycles. The lowest BCUT2D eigenvalue weighted by Gasteiger charge is -2.05. The van der Waals surface area contributed by atoms with E-state index in [2.05, 4.69) is 5.10 Å². The van der Waals surface area contributed by atoms with Crippen LogP contribution in [-0.4, -0.2) is 14.9 Å². The summed E-state index contributed by atoms with van der Waals surface area (Å²) >= 11 is 5.99. The maximum atomic E-state index is 13.2. The van der Waals surface area contributed by atoms with Crippen LogP contribution in [-0.2, 0) is 13.0 Å². The average Bonchev–Trinajstić information content (AvgIpc) is 2.71. The minimum Gasteiger partial charge on any atom is -0.391 e. The van der Waals surface area contributed by atoms with Crippen LogP contribution in [0.3, 0.4) is 0 Å². The Hall–Kier alpha value is -1.53. The molecule has 1 aromatic heterocycles. The number of nitrogens with zero attached hydrogens (tertiary/aromatic N) is 2. The molecule has 1 heterocycles. The largest absolute Gasteiger partial charge is 0.391 e. The highest BCUT2D eigenvalue weighted by Gasteiger charge is 2.18. The summed E-state index contributed by atoms with van der Waals surface area (Å²) < 4.78 is 40.3. The highest BCUT2D eigenvalue weighted by atomic mass is 35.5. The molecule has 7 heteroatoms. The van der Waals surface area contributed by atoms with Crippen LogP contribution in [0.5, 0.6) is 0 Å². The summed E-state index contributed by atoms with van der Waals surface area (Å²) in [6, 6.07) is 1.58. The lowest BCUT2D eigenvalue weighted by molar-refractivity contribution is 0.281. The van der Waals surface area contributed by atoms with E-state index in [1.165, 1.54) is 0 Å². The molecule has 0 saturated heterocycles. The van der Waals surface area contributed by atoms with Crippen LogP contribution in [0.1, 0.15) is 18.2 Å². The van der Waals surface area contributed by atoms with Crippen molar-refractivity contribution in [3.05, 3.63) is 46.0 Å². The lowest BCUT2D eigenvalue weighted by atomic mass is 10.2. The van der Waals surface area contributed by atoms with Crippen molar-refractivity contribution in [3.63, 3.8) is 0 Å². The van der Waals surface area contributed by atoms with Gasteiger partial charge in [-0.3, -0.25) is 0 Å². The summed E-state index contributed by atoms with van der Waals surface area (Å²) in [6.07, 6.45) is 0.495. The number of hydrogen-bond donors (Lipinski definition) is 1. The van der Waals surface area contributed by atoms with E-state index < -0.39 is 17.5 Å². The normalized spacial score (nSPS) is 11.1. The zero-order valence-corrected chi connectivity index (χ0v) is 10.7. The van der Waals surface area contributed by atoms with Gasteiger partial charge < -0.3 is 5.11 Å². The van der Waals surface area contributed by atoms with Crippen LogP contribution in [0.15, 0.2) is 12.1 Å². The molecule has 0 saturated carbocycles. The second kappa shape index (κ2) is 5.22. The summed E-state index contributed by atoms with van der Waals surface area (Å²) in [5, 5.41) is 13.3. The smallest absolute Gasteiger partial charge is 0.194 e. The quantitative estimate of drug-likeness (QED) is 0.883. The second-order valence-corrected chi connectivity index (χ2v) is 4.22. The van der Waals surface area contributed by atoms with Gasteiger partial charge in [0.25, 0.3) is 0 Å². The molecule has 0 radical (unpaired) electrons. The van der Waals surface area contributed by atoms with E-state index in [4.69, 9.17) is 11.6 Å². The summed E-state index contributed by atoms with van der Waals surface area (Å²) in [4.78, 5) is 0. The van der Waals surface area contributed by atoms with Gasteiger partial charge in [-0.15, -0.1) is 0 Å². The standard InChI is InChI=1S/C12H10ClF3N2O/c1-2-10-7(5-19)12(13)18(17-10)6-3-8(14)11(16)9(15)4-6/h3-4,19H,2,5H2,1H3. The molecule has 19 heavy (non-hydrogen) atoms. The third-order valence-electron chi connectivity index (χ3n) is 2.71. The van der Waals surface area contributed by atoms with Crippen molar-refractivity contribution in [1.82, 2.24) is 9.78 Å². The van der Waals surface area contributed by atoms with Gasteiger partial charge in [-0.05, 0) is 6.42 Å². The van der Waals surface area contributed by atoms with Crippen molar-refractivity contribution in [2.24, 2.45) is 0 Å². The molecule has 0 amide bonds. The number of aliphatic hydroxyl groups is 1. The lowest BCUT2D eigenvalue weighted by Crippen LogP contribution is -2.01. The fourth-order valence-electron chi connectivity index (χ4n) is 1.75. The van der Waals surface area contributed by atoms with Gasteiger partial charge in [0, 0.05) is 17.7 Å². The molecule has 0 fully saturated rings. The van der Waals surface area contributed by atoms with E-state index in [0.29, 0.717) is 17.7 Å². The molecule has 0 bridgehead atoms. The highest BCUT2D eigenvalue weighted by molar-refractivity contribution is 6.30.